The highest BCUT2D eigenvalue weighted by Gasteiger charge is 2.57. The zero-order valence-electron chi connectivity index (χ0n) is 11.6. The van der Waals surface area contributed by atoms with E-state index in [0.29, 0.717) is 11.8 Å². The van der Waals surface area contributed by atoms with Crippen molar-refractivity contribution in [3.63, 3.8) is 0 Å². The maximum absolute atomic E-state index is 12.0. The molecule has 0 saturated carbocycles. The third kappa shape index (κ3) is 2.74. The van der Waals surface area contributed by atoms with Gasteiger partial charge in [-0.05, 0) is 26.7 Å². The van der Waals surface area contributed by atoms with E-state index < -0.39 is 6.10 Å². The Morgan fingerprint density at radius 2 is 2.26 bits per heavy atom. The highest BCUT2D eigenvalue weighted by Crippen LogP contribution is 2.49. The van der Waals surface area contributed by atoms with Crippen molar-refractivity contribution in [2.24, 2.45) is 5.92 Å². The number of amides is 2. The molecule has 5 atom stereocenters. The van der Waals surface area contributed by atoms with E-state index in [9.17, 15) is 14.7 Å². The first-order valence-corrected chi connectivity index (χ1v) is 7.78. The SMILES string of the molecule is CC(=O)NCCCC1S[C@@H]2C(C(C)O)C(=O)N2C1C. The number of hydrogen-bond acceptors (Lipinski definition) is 4. The van der Waals surface area contributed by atoms with Crippen LogP contribution in [0.15, 0.2) is 0 Å². The number of β-lactam (4-membered cyclic amide) rings is 1. The van der Waals surface area contributed by atoms with Crippen LogP contribution in [0.25, 0.3) is 0 Å². The van der Waals surface area contributed by atoms with Crippen LogP contribution in [0.5, 0.6) is 0 Å². The highest BCUT2D eigenvalue weighted by atomic mass is 32.2. The summed E-state index contributed by atoms with van der Waals surface area (Å²) in [4.78, 5) is 24.6. The van der Waals surface area contributed by atoms with Gasteiger partial charge in [0, 0.05) is 24.8 Å². The van der Waals surface area contributed by atoms with Gasteiger partial charge in [-0.3, -0.25) is 9.59 Å². The molecule has 2 rings (SSSR count). The van der Waals surface area contributed by atoms with Crippen LogP contribution in [0.3, 0.4) is 0 Å². The van der Waals surface area contributed by atoms with E-state index in [1.165, 1.54) is 6.92 Å². The summed E-state index contributed by atoms with van der Waals surface area (Å²) in [7, 11) is 0. The molecule has 6 heteroatoms. The summed E-state index contributed by atoms with van der Waals surface area (Å²) in [5, 5.41) is 13.0. The highest BCUT2D eigenvalue weighted by molar-refractivity contribution is 8.00. The third-order valence-corrected chi connectivity index (χ3v) is 5.75. The fourth-order valence-electron chi connectivity index (χ4n) is 2.89. The third-order valence-electron chi connectivity index (χ3n) is 3.97. The van der Waals surface area contributed by atoms with Crippen molar-refractivity contribution >= 4 is 23.6 Å². The van der Waals surface area contributed by atoms with Crippen molar-refractivity contribution < 1.29 is 14.7 Å². The minimum absolute atomic E-state index is 0.000269. The van der Waals surface area contributed by atoms with Gasteiger partial charge in [-0.25, -0.2) is 0 Å². The number of aliphatic hydroxyl groups excluding tert-OH is 1. The second-order valence-electron chi connectivity index (χ2n) is 5.44. The molecule has 0 bridgehead atoms. The molecular weight excluding hydrogens is 264 g/mol. The molecule has 2 heterocycles. The second-order valence-corrected chi connectivity index (χ2v) is 6.80. The van der Waals surface area contributed by atoms with Crippen molar-refractivity contribution in [2.45, 2.75) is 56.4 Å². The Hall–Kier alpha value is -0.750. The Bertz CT molecular complexity index is 375. The van der Waals surface area contributed by atoms with Crippen LogP contribution in [0, 0.1) is 5.92 Å². The lowest BCUT2D eigenvalue weighted by atomic mass is 9.90. The van der Waals surface area contributed by atoms with Gasteiger partial charge in [-0.2, -0.15) is 0 Å². The largest absolute Gasteiger partial charge is 0.392 e. The van der Waals surface area contributed by atoms with E-state index in [1.807, 2.05) is 4.90 Å². The summed E-state index contributed by atoms with van der Waals surface area (Å²) in [6, 6.07) is 0.231. The first-order chi connectivity index (χ1) is 8.93. The van der Waals surface area contributed by atoms with Crippen LogP contribution in [0.2, 0.25) is 0 Å². The zero-order chi connectivity index (χ0) is 14.2. The molecule has 2 N–H and O–H groups in total. The molecule has 2 amide bonds. The predicted octanol–water partition coefficient (Wildman–Crippen LogP) is 0.572. The van der Waals surface area contributed by atoms with Crippen LogP contribution >= 0.6 is 11.8 Å². The van der Waals surface area contributed by atoms with Gasteiger partial charge in [-0.1, -0.05) is 0 Å². The quantitative estimate of drug-likeness (QED) is 0.573. The van der Waals surface area contributed by atoms with E-state index >= 15 is 0 Å². The number of rotatable bonds is 5. The smallest absolute Gasteiger partial charge is 0.232 e. The second kappa shape index (κ2) is 5.71. The molecule has 2 aliphatic heterocycles. The van der Waals surface area contributed by atoms with Gasteiger partial charge in [0.2, 0.25) is 11.8 Å². The monoisotopic (exact) mass is 286 g/mol. The Labute approximate surface area is 118 Å². The van der Waals surface area contributed by atoms with Gasteiger partial charge in [0.25, 0.3) is 0 Å². The molecule has 0 spiro atoms. The normalized spacial score (nSPS) is 34.7. The molecule has 2 saturated heterocycles. The molecule has 0 aromatic heterocycles. The molecule has 108 valence electrons. The summed E-state index contributed by atoms with van der Waals surface area (Å²) in [5.41, 5.74) is 0. The molecular formula is C13H22N2O3S. The Kier molecular flexibility index (Phi) is 4.40. The Morgan fingerprint density at radius 1 is 1.58 bits per heavy atom. The molecule has 0 aromatic carbocycles. The summed E-state index contributed by atoms with van der Waals surface area (Å²) in [5.74, 6) is -0.141. The van der Waals surface area contributed by atoms with Crippen LogP contribution in [-0.4, -0.2) is 51.1 Å². The van der Waals surface area contributed by atoms with Gasteiger partial charge in [0.05, 0.1) is 17.4 Å². The molecule has 2 aliphatic rings. The number of nitrogens with one attached hydrogen (secondary N) is 1. The van der Waals surface area contributed by atoms with Crippen LogP contribution < -0.4 is 5.32 Å². The van der Waals surface area contributed by atoms with Crippen molar-refractivity contribution in [2.75, 3.05) is 6.54 Å². The van der Waals surface area contributed by atoms with Gasteiger partial charge in [0.1, 0.15) is 0 Å². The van der Waals surface area contributed by atoms with E-state index in [-0.39, 0.29) is 29.1 Å². The number of carbonyl (C=O) groups excluding carboxylic acids is 2. The van der Waals surface area contributed by atoms with Gasteiger partial charge >= 0.3 is 0 Å². The molecule has 5 nitrogen and oxygen atoms in total. The molecule has 0 radical (unpaired) electrons. The van der Waals surface area contributed by atoms with Crippen molar-refractivity contribution in [1.29, 1.82) is 0 Å². The van der Waals surface area contributed by atoms with E-state index in [0.717, 1.165) is 12.8 Å². The number of nitrogens with zero attached hydrogens (tertiary/aromatic N) is 1. The lowest BCUT2D eigenvalue weighted by Crippen LogP contribution is -2.62. The topological polar surface area (TPSA) is 69.6 Å². The first kappa shape index (κ1) is 14.7. The number of aliphatic hydroxyl groups is 1. The van der Waals surface area contributed by atoms with E-state index in [2.05, 4.69) is 12.2 Å². The lowest BCUT2D eigenvalue weighted by Gasteiger charge is -2.45. The number of thioether (sulfide) groups is 1. The fourth-order valence-corrected chi connectivity index (χ4v) is 4.85. The maximum atomic E-state index is 12.0. The number of fused-ring (bicyclic) bond motifs is 1. The number of hydrogen-bond donors (Lipinski definition) is 2. The maximum Gasteiger partial charge on any atom is 0.232 e. The van der Waals surface area contributed by atoms with Gasteiger partial charge < -0.3 is 15.3 Å². The van der Waals surface area contributed by atoms with Gasteiger partial charge in [0.15, 0.2) is 0 Å². The van der Waals surface area contributed by atoms with E-state index in [4.69, 9.17) is 0 Å². The predicted molar refractivity (Wildman–Crippen MR) is 74.6 cm³/mol. The number of carbonyl (C=O) groups is 2. The van der Waals surface area contributed by atoms with Crippen LogP contribution in [-0.2, 0) is 9.59 Å². The molecule has 4 unspecified atom stereocenters. The Morgan fingerprint density at radius 3 is 2.84 bits per heavy atom. The van der Waals surface area contributed by atoms with Crippen molar-refractivity contribution in [1.82, 2.24) is 10.2 Å². The summed E-state index contributed by atoms with van der Waals surface area (Å²) >= 11 is 1.80. The molecule has 2 fully saturated rings. The Balaban J connectivity index is 1.82. The minimum atomic E-state index is -0.563. The summed E-state index contributed by atoms with van der Waals surface area (Å²) < 4.78 is 0. The average Bonchev–Trinajstić information content (AvgIpc) is 2.56. The summed E-state index contributed by atoms with van der Waals surface area (Å²) in [6.45, 7) is 5.98. The van der Waals surface area contributed by atoms with E-state index in [1.54, 1.807) is 18.7 Å². The van der Waals surface area contributed by atoms with Crippen LogP contribution in [0.4, 0.5) is 0 Å². The summed E-state index contributed by atoms with van der Waals surface area (Å²) in [6.07, 6.45) is 1.35. The van der Waals surface area contributed by atoms with Crippen molar-refractivity contribution in [3.8, 4) is 0 Å². The molecule has 0 aromatic rings. The fraction of sp³-hybridized carbons (Fsp3) is 0.846. The molecule has 0 aliphatic carbocycles. The molecule has 19 heavy (non-hydrogen) atoms. The minimum Gasteiger partial charge on any atom is -0.392 e. The standard InChI is InChI=1S/C13H22N2O3S/c1-7-10(5-4-6-14-9(3)17)19-13-11(8(2)16)12(18)15(7)13/h7-8,10-11,13,16H,4-6H2,1-3H3,(H,14,17)/t7?,8?,10?,11?,13-/m1/s1. The van der Waals surface area contributed by atoms with Crippen LogP contribution in [0.1, 0.15) is 33.6 Å². The van der Waals surface area contributed by atoms with Crippen molar-refractivity contribution in [3.05, 3.63) is 0 Å². The first-order valence-electron chi connectivity index (χ1n) is 6.83. The average molecular weight is 286 g/mol. The lowest BCUT2D eigenvalue weighted by molar-refractivity contribution is -0.158. The van der Waals surface area contributed by atoms with Gasteiger partial charge in [-0.15, -0.1) is 11.8 Å². The zero-order valence-corrected chi connectivity index (χ0v) is 12.4.